The normalized spacial score (nSPS) is 15.1. The van der Waals surface area contributed by atoms with Gasteiger partial charge in [0.2, 0.25) is 0 Å². The second kappa shape index (κ2) is 8.53. The van der Waals surface area contributed by atoms with Crippen molar-refractivity contribution >= 4 is 22.9 Å². The Bertz CT molecular complexity index is 947. The summed E-state index contributed by atoms with van der Waals surface area (Å²) in [5.41, 5.74) is 2.74. The summed E-state index contributed by atoms with van der Waals surface area (Å²) in [5, 5.41) is 2.01. The van der Waals surface area contributed by atoms with Crippen molar-refractivity contribution in [3.05, 3.63) is 60.2 Å². The lowest BCUT2D eigenvalue weighted by atomic mass is 10.00. The van der Waals surface area contributed by atoms with Crippen LogP contribution in [-0.2, 0) is 0 Å². The van der Waals surface area contributed by atoms with E-state index in [1.165, 1.54) is 12.8 Å². The van der Waals surface area contributed by atoms with Crippen LogP contribution in [0, 0.1) is 0 Å². The average molecular weight is 374 g/mol. The van der Waals surface area contributed by atoms with Crippen LogP contribution in [0.4, 0.5) is 5.82 Å². The second-order valence-electron chi connectivity index (χ2n) is 7.41. The minimum absolute atomic E-state index is 0.706. The highest BCUT2D eigenvalue weighted by Crippen LogP contribution is 2.34. The number of anilines is 1. The predicted molar refractivity (Wildman–Crippen MR) is 116 cm³/mol. The van der Waals surface area contributed by atoms with E-state index in [1.807, 2.05) is 36.4 Å². The van der Waals surface area contributed by atoms with Gasteiger partial charge in [0, 0.05) is 37.1 Å². The molecule has 1 saturated heterocycles. The lowest BCUT2D eigenvalue weighted by Gasteiger charge is -2.36. The number of hydrogen-bond acceptors (Lipinski definition) is 4. The van der Waals surface area contributed by atoms with Crippen LogP contribution in [-0.4, -0.2) is 48.9 Å². The number of piperazine rings is 1. The van der Waals surface area contributed by atoms with Gasteiger partial charge in [0.25, 0.3) is 0 Å². The summed E-state index contributed by atoms with van der Waals surface area (Å²) >= 11 is 0. The first-order valence-corrected chi connectivity index (χ1v) is 10.2. The SMILES string of the molecule is CCCCN1CCN(c2nc(-c3ccccc3)c3ccccc3c2C=O)CC1. The minimum atomic E-state index is 0.706. The van der Waals surface area contributed by atoms with Gasteiger partial charge in [-0.3, -0.25) is 9.69 Å². The maximum absolute atomic E-state index is 12.1. The molecule has 0 unspecified atom stereocenters. The highest BCUT2D eigenvalue weighted by Gasteiger charge is 2.23. The van der Waals surface area contributed by atoms with Crippen molar-refractivity contribution < 1.29 is 4.79 Å². The third-order valence-corrected chi connectivity index (χ3v) is 5.60. The maximum atomic E-state index is 12.1. The number of carbonyl (C=O) groups is 1. The van der Waals surface area contributed by atoms with Crippen LogP contribution in [0.1, 0.15) is 30.1 Å². The quantitative estimate of drug-likeness (QED) is 0.590. The van der Waals surface area contributed by atoms with Crippen molar-refractivity contribution in [2.24, 2.45) is 0 Å². The van der Waals surface area contributed by atoms with Gasteiger partial charge in [-0.1, -0.05) is 67.9 Å². The minimum Gasteiger partial charge on any atom is -0.353 e. The van der Waals surface area contributed by atoms with Gasteiger partial charge in [0.1, 0.15) is 5.82 Å². The van der Waals surface area contributed by atoms with Gasteiger partial charge in [-0.25, -0.2) is 4.98 Å². The molecule has 4 heteroatoms. The number of fused-ring (bicyclic) bond motifs is 1. The van der Waals surface area contributed by atoms with Crippen LogP contribution in [0.15, 0.2) is 54.6 Å². The molecule has 144 valence electrons. The van der Waals surface area contributed by atoms with Crippen LogP contribution in [0.2, 0.25) is 0 Å². The number of carbonyl (C=O) groups excluding carboxylic acids is 1. The zero-order valence-electron chi connectivity index (χ0n) is 16.5. The van der Waals surface area contributed by atoms with Gasteiger partial charge in [-0.05, 0) is 18.4 Å². The van der Waals surface area contributed by atoms with Crippen molar-refractivity contribution in [1.29, 1.82) is 0 Å². The summed E-state index contributed by atoms with van der Waals surface area (Å²) < 4.78 is 0. The molecule has 0 radical (unpaired) electrons. The van der Waals surface area contributed by atoms with E-state index in [0.717, 1.165) is 66.9 Å². The summed E-state index contributed by atoms with van der Waals surface area (Å²) in [6.45, 7) is 7.25. The van der Waals surface area contributed by atoms with E-state index in [-0.39, 0.29) is 0 Å². The fourth-order valence-corrected chi connectivity index (χ4v) is 4.01. The van der Waals surface area contributed by atoms with E-state index >= 15 is 0 Å². The van der Waals surface area contributed by atoms with Crippen molar-refractivity contribution in [3.63, 3.8) is 0 Å². The molecule has 28 heavy (non-hydrogen) atoms. The molecular formula is C24H27N3O. The number of benzene rings is 2. The summed E-state index contributed by atoms with van der Waals surface area (Å²) in [7, 11) is 0. The molecule has 0 saturated carbocycles. The molecule has 0 amide bonds. The monoisotopic (exact) mass is 373 g/mol. The largest absolute Gasteiger partial charge is 0.353 e. The number of aromatic nitrogens is 1. The number of rotatable bonds is 6. The third kappa shape index (κ3) is 3.65. The van der Waals surface area contributed by atoms with Gasteiger partial charge in [0.15, 0.2) is 6.29 Å². The first-order chi connectivity index (χ1) is 13.8. The van der Waals surface area contributed by atoms with E-state index in [1.54, 1.807) is 0 Å². The van der Waals surface area contributed by atoms with Crippen LogP contribution in [0.3, 0.4) is 0 Å². The number of pyridine rings is 1. The fourth-order valence-electron chi connectivity index (χ4n) is 4.01. The van der Waals surface area contributed by atoms with Crippen molar-refractivity contribution in [3.8, 4) is 11.3 Å². The van der Waals surface area contributed by atoms with Gasteiger partial charge >= 0.3 is 0 Å². The summed E-state index contributed by atoms with van der Waals surface area (Å²) in [6, 6.07) is 18.4. The molecule has 1 aliphatic heterocycles. The zero-order chi connectivity index (χ0) is 19.3. The molecule has 0 aliphatic carbocycles. The summed E-state index contributed by atoms with van der Waals surface area (Å²) in [4.78, 5) is 21.9. The number of hydrogen-bond donors (Lipinski definition) is 0. The first kappa shape index (κ1) is 18.6. The molecule has 2 aromatic carbocycles. The predicted octanol–water partition coefficient (Wildman–Crippen LogP) is 4.64. The molecule has 2 heterocycles. The van der Waals surface area contributed by atoms with Crippen LogP contribution in [0.25, 0.3) is 22.0 Å². The first-order valence-electron chi connectivity index (χ1n) is 10.2. The maximum Gasteiger partial charge on any atom is 0.154 e. The zero-order valence-corrected chi connectivity index (χ0v) is 16.5. The molecule has 0 bridgehead atoms. The van der Waals surface area contributed by atoms with Crippen LogP contribution < -0.4 is 4.90 Å². The molecule has 0 spiro atoms. The molecule has 1 aliphatic rings. The molecule has 4 nitrogen and oxygen atoms in total. The topological polar surface area (TPSA) is 36.4 Å². The lowest BCUT2D eigenvalue weighted by Crippen LogP contribution is -2.47. The standard InChI is InChI=1S/C24H27N3O/c1-2-3-13-26-14-16-27(17-15-26)24-22(18-28)20-11-7-8-12-21(20)23(25-24)19-9-5-4-6-10-19/h4-12,18H,2-3,13-17H2,1H3. The highest BCUT2D eigenvalue weighted by molar-refractivity contribution is 6.07. The summed E-state index contributed by atoms with van der Waals surface area (Å²) in [6.07, 6.45) is 3.44. The van der Waals surface area contributed by atoms with Gasteiger partial charge < -0.3 is 4.90 Å². The molecule has 0 N–H and O–H groups in total. The van der Waals surface area contributed by atoms with Crippen molar-refractivity contribution in [2.75, 3.05) is 37.6 Å². The lowest BCUT2D eigenvalue weighted by molar-refractivity contribution is 0.112. The molecule has 4 rings (SSSR count). The third-order valence-electron chi connectivity index (χ3n) is 5.60. The number of unbranched alkanes of at least 4 members (excludes halogenated alkanes) is 1. The Morgan fingerprint density at radius 2 is 1.61 bits per heavy atom. The van der Waals surface area contributed by atoms with Crippen LogP contribution >= 0.6 is 0 Å². The van der Waals surface area contributed by atoms with E-state index in [4.69, 9.17) is 4.98 Å². The van der Waals surface area contributed by atoms with Gasteiger partial charge in [-0.2, -0.15) is 0 Å². The average Bonchev–Trinajstić information content (AvgIpc) is 2.77. The van der Waals surface area contributed by atoms with Crippen molar-refractivity contribution in [1.82, 2.24) is 9.88 Å². The number of nitrogens with zero attached hydrogens (tertiary/aromatic N) is 3. The second-order valence-corrected chi connectivity index (χ2v) is 7.41. The smallest absolute Gasteiger partial charge is 0.154 e. The Morgan fingerprint density at radius 3 is 2.29 bits per heavy atom. The van der Waals surface area contributed by atoms with Crippen molar-refractivity contribution in [2.45, 2.75) is 19.8 Å². The van der Waals surface area contributed by atoms with E-state index in [2.05, 4.69) is 34.9 Å². The van der Waals surface area contributed by atoms with E-state index in [0.29, 0.717) is 5.56 Å². The molecular weight excluding hydrogens is 346 g/mol. The van der Waals surface area contributed by atoms with E-state index in [9.17, 15) is 4.79 Å². The molecule has 3 aromatic rings. The van der Waals surface area contributed by atoms with Gasteiger partial charge in [0.05, 0.1) is 11.3 Å². The van der Waals surface area contributed by atoms with Crippen LogP contribution in [0.5, 0.6) is 0 Å². The Hall–Kier alpha value is -2.72. The Morgan fingerprint density at radius 1 is 0.929 bits per heavy atom. The van der Waals surface area contributed by atoms with Gasteiger partial charge in [-0.15, -0.1) is 0 Å². The van der Waals surface area contributed by atoms with E-state index < -0.39 is 0 Å². The Kier molecular flexibility index (Phi) is 5.68. The number of aldehydes is 1. The molecule has 1 aromatic heterocycles. The Labute approximate surface area is 166 Å². The highest BCUT2D eigenvalue weighted by atomic mass is 16.1. The molecule has 1 fully saturated rings. The summed E-state index contributed by atoms with van der Waals surface area (Å²) in [5.74, 6) is 0.822. The fraction of sp³-hybridized carbons (Fsp3) is 0.333. The molecule has 0 atom stereocenters. The Balaban J connectivity index is 1.75.